The van der Waals surface area contributed by atoms with Crippen LogP contribution in [-0.2, 0) is 101 Å². The number of nitrogens with zero attached hydrogens (tertiary/aromatic N) is 5. The highest BCUT2D eigenvalue weighted by atomic mass is 32.2. The Labute approximate surface area is 766 Å². The summed E-state index contributed by atoms with van der Waals surface area (Å²) in [5.41, 5.74) is 25.7. The lowest BCUT2D eigenvalue weighted by molar-refractivity contribution is -0.149. The summed E-state index contributed by atoms with van der Waals surface area (Å²) in [6.07, 6.45) is 4.03. The van der Waals surface area contributed by atoms with Gasteiger partial charge in [0.25, 0.3) is 0 Å². The number of nitrogens with one attached hydrogen (secondary N) is 13. The molecule has 13 atom stereocenters. The predicted octanol–water partition coefficient (Wildman–Crippen LogP) is -0.884. The summed E-state index contributed by atoms with van der Waals surface area (Å²) < 4.78 is 0. The van der Waals surface area contributed by atoms with E-state index in [9.17, 15) is 62.6 Å². The summed E-state index contributed by atoms with van der Waals surface area (Å²) in [6, 6.07) is 5.03. The molecule has 40 nitrogen and oxygen atoms in total. The zero-order chi connectivity index (χ0) is 96.3. The number of Topliss-reactive ketones (excluding diaryl/α,β-unsaturated/α-hetero) is 1. The summed E-state index contributed by atoms with van der Waals surface area (Å²) >= 11 is 0.800. The average Bonchev–Trinajstić information content (AvgIpc) is 1.78. The minimum Gasteiger partial charge on any atom is -0.394 e. The van der Waals surface area contributed by atoms with Crippen LogP contribution >= 0.6 is 11.8 Å². The van der Waals surface area contributed by atoms with Gasteiger partial charge in [-0.05, 0) is 119 Å². The lowest BCUT2D eigenvalue weighted by Crippen LogP contribution is -2.61. The zero-order valence-corrected chi connectivity index (χ0v) is 77.0. The van der Waals surface area contributed by atoms with Crippen LogP contribution in [0, 0.1) is 17.2 Å². The van der Waals surface area contributed by atoms with Gasteiger partial charge in [0.2, 0.25) is 94.5 Å². The first-order chi connectivity index (χ1) is 62.4. The smallest absolute Gasteiger partial charge is 0.246 e. The number of aliphatic hydroxyl groups excluding tert-OH is 1. The van der Waals surface area contributed by atoms with Crippen LogP contribution in [0.5, 0.6) is 0 Å². The van der Waals surface area contributed by atoms with Gasteiger partial charge in [-0.15, -0.1) is 11.8 Å². The van der Waals surface area contributed by atoms with E-state index in [1.807, 2.05) is 13.8 Å². The van der Waals surface area contributed by atoms with Crippen molar-refractivity contribution < 1.29 is 86.6 Å². The molecule has 16 amide bonds. The minimum atomic E-state index is -1.80. The number of aliphatic hydroxyl groups is 1. The van der Waals surface area contributed by atoms with Gasteiger partial charge in [-0.3, -0.25) is 86.9 Å². The van der Waals surface area contributed by atoms with Gasteiger partial charge < -0.3 is 116 Å². The molecule has 0 bridgehead atoms. The quantitative estimate of drug-likeness (QED) is 0.0164. The number of guanidine groups is 1. The number of para-hydroxylation sites is 2. The second kappa shape index (κ2) is 52.3. The second-order valence-electron chi connectivity index (χ2n) is 34.0. The van der Waals surface area contributed by atoms with E-state index >= 15 is 24.0 Å². The molecule has 0 radical (unpaired) electrons. The Morgan fingerprint density at radius 2 is 1.08 bits per heavy atom. The van der Waals surface area contributed by atoms with Crippen molar-refractivity contribution in [3.05, 3.63) is 108 Å². The molecule has 131 heavy (non-hydrogen) atoms. The summed E-state index contributed by atoms with van der Waals surface area (Å²) in [5, 5.41) is 47.0. The molecule has 22 N–H and O–H groups in total. The molecule has 2 saturated heterocycles. The Hall–Kier alpha value is -12.5. The number of amides is 16. The monoisotopic (exact) mass is 1840 g/mol. The van der Waals surface area contributed by atoms with Crippen molar-refractivity contribution in [2.75, 3.05) is 79.0 Å². The van der Waals surface area contributed by atoms with E-state index in [1.165, 1.54) is 40.0 Å². The number of hydrogen-bond acceptors (Lipinski definition) is 21. The highest BCUT2D eigenvalue weighted by Gasteiger charge is 2.44. The highest BCUT2D eigenvalue weighted by molar-refractivity contribution is 8.00. The molecule has 7 rings (SSSR count). The van der Waals surface area contributed by atoms with Crippen molar-refractivity contribution in [2.24, 2.45) is 34.8 Å². The van der Waals surface area contributed by atoms with E-state index in [-0.39, 0.29) is 96.2 Å². The zero-order valence-electron chi connectivity index (χ0n) is 76.2. The maximum absolute atomic E-state index is 15.7. The second-order valence-corrected chi connectivity index (χ2v) is 35.0. The number of fused-ring (bicyclic) bond motifs is 3. The SMILES string of the molecule is CCCC[C@H]1C(=O)N(C)[C@@H](CCCC)C(=O)N[C@@H](CCCNC(=N)N)C(=O)N[C@H](C(=O)NCC(N)=O)CSCC(=O)N[C@@H](Cc2ccccc2)C(=O)N(C)[C@@H](C)C(=O)N[C@@H](CC(N)=O)C(=O)N2CCC[C@H]2C(=O)N[C@@H](CCCCN)C(=O)N[C@@H](CC(C)C)C(=O)N(C)CC(=O)C[C@@H](Cc2c[nH]c3ccccc23)C(=O)N[C@@H](CO)C(=O)N[C@@H](Cc2c[nH]c3ccccc23)C(=O)N1C. The highest BCUT2D eigenvalue weighted by Crippen LogP contribution is 2.27. The summed E-state index contributed by atoms with van der Waals surface area (Å²) in [6.45, 7) is 6.39. The maximum atomic E-state index is 15.7. The minimum absolute atomic E-state index is 0.00348. The number of likely N-dealkylation sites (N-methyl/N-ethyl adjacent to an activating group) is 4. The number of rotatable bonds is 28. The molecule has 2 aliphatic rings. The molecule has 2 aromatic heterocycles. The number of unbranched alkanes of at least 4 members (excludes halogenated alkanes) is 3. The van der Waals surface area contributed by atoms with Crippen LogP contribution in [0.1, 0.15) is 154 Å². The number of carbonyl (C=O) groups excluding carboxylic acids is 17. The van der Waals surface area contributed by atoms with Crippen LogP contribution in [0.15, 0.2) is 91.3 Å². The van der Waals surface area contributed by atoms with Crippen LogP contribution in [0.25, 0.3) is 21.8 Å². The van der Waals surface area contributed by atoms with Crippen LogP contribution in [0.3, 0.4) is 0 Å². The van der Waals surface area contributed by atoms with Gasteiger partial charge >= 0.3 is 0 Å². The molecule has 716 valence electrons. The summed E-state index contributed by atoms with van der Waals surface area (Å²) in [7, 11) is 5.32. The maximum Gasteiger partial charge on any atom is 0.246 e. The van der Waals surface area contributed by atoms with Crippen molar-refractivity contribution in [1.82, 2.24) is 87.6 Å². The van der Waals surface area contributed by atoms with Crippen LogP contribution in [0.4, 0.5) is 0 Å². The normalized spacial score (nSPS) is 23.7. The van der Waals surface area contributed by atoms with Gasteiger partial charge in [-0.2, -0.15) is 0 Å². The van der Waals surface area contributed by atoms with E-state index in [0.29, 0.717) is 77.0 Å². The Balaban J connectivity index is 1.30. The largest absolute Gasteiger partial charge is 0.394 e. The van der Waals surface area contributed by atoms with E-state index < -0.39 is 229 Å². The number of carbonyl (C=O) groups is 17. The van der Waals surface area contributed by atoms with E-state index in [0.717, 1.165) is 31.4 Å². The van der Waals surface area contributed by atoms with E-state index in [2.05, 4.69) is 63.1 Å². The number of thioether (sulfide) groups is 1. The predicted molar refractivity (Wildman–Crippen MR) is 491 cm³/mol. The third-order valence-corrected chi connectivity index (χ3v) is 24.4. The Bertz CT molecular complexity index is 4820. The van der Waals surface area contributed by atoms with Gasteiger partial charge in [0.1, 0.15) is 72.5 Å². The first-order valence-electron chi connectivity index (χ1n) is 44.6. The first kappa shape index (κ1) is 106. The number of nitrogens with two attached hydrogens (primary N) is 4. The van der Waals surface area contributed by atoms with Crippen molar-refractivity contribution >= 4 is 140 Å². The molecule has 5 aromatic rings. The number of ketones is 1. The molecule has 2 aliphatic heterocycles. The standard InChI is InChI=1S/C90H132N22O18S/c1-10-12-33-71-83(124)101-64(32-23-37-96-90(94)95)81(122)107-70(79(120)99-47-75(93)116)50-131-51-76(117)100-66(40-54-25-15-14-16-26-54)86(127)109(7)53(5)77(118)103-68(44-74(92)115)88(129)112-38-24-35-72(112)84(125)102-63(31-21-22-36-91)80(121)104-65(39-52(3)4)85(126)108(6)48-58(114)42-55(41-56-45-97-61-29-19-17-27-59(56)61)78(119)106-69(49-113)82(123)105-67(43-57-46-98-62-30-20-18-28-60(57)62)87(128)111(9)73(34-13-11-2)89(130)110(71)8/h14-20,25-30,45-46,52-53,55,63-73,97-98,113H,10-13,21-24,31-44,47-51,91H2,1-9H3,(H2,92,115)(H2,93,116)(H,99,120)(H,100,117)(H,101,124)(H,102,125)(H,103,118)(H,104,121)(H,105,123)(H,106,119)(H,107,122)(H4,94,95,96)/t53-,55+,63-,64-,65-,66-,67-,68-,69-,70-,71-,72-,73-/m0/s1. The van der Waals surface area contributed by atoms with E-state index in [1.54, 1.807) is 105 Å². The van der Waals surface area contributed by atoms with Crippen molar-refractivity contribution in [1.29, 1.82) is 5.41 Å². The Morgan fingerprint density at radius 1 is 0.542 bits per heavy atom. The average molecular weight is 1840 g/mol. The molecule has 0 spiro atoms. The van der Waals surface area contributed by atoms with Crippen LogP contribution in [0.2, 0.25) is 0 Å². The molecule has 0 saturated carbocycles. The van der Waals surface area contributed by atoms with Gasteiger partial charge in [0.05, 0.1) is 31.9 Å². The van der Waals surface area contributed by atoms with E-state index in [4.69, 9.17) is 28.3 Å². The van der Waals surface area contributed by atoms with Gasteiger partial charge in [-0.25, -0.2) is 0 Å². The summed E-state index contributed by atoms with van der Waals surface area (Å²) in [5.74, 6) is -17.7. The topological polar surface area (TPSA) is 606 Å². The number of aromatic amines is 2. The van der Waals surface area contributed by atoms with Gasteiger partial charge in [0.15, 0.2) is 11.7 Å². The molecule has 0 aliphatic carbocycles. The number of benzene rings is 3. The third-order valence-electron chi connectivity index (χ3n) is 23.4. The molecule has 0 unspecified atom stereocenters. The number of aromatic nitrogens is 2. The van der Waals surface area contributed by atoms with Gasteiger partial charge in [0, 0.05) is 106 Å². The molecular weight excluding hydrogens is 1710 g/mol. The lowest BCUT2D eigenvalue weighted by Gasteiger charge is -2.36. The number of hydrogen-bond donors (Lipinski definition) is 18. The van der Waals surface area contributed by atoms with Crippen molar-refractivity contribution in [2.45, 2.75) is 229 Å². The fourth-order valence-corrected chi connectivity index (χ4v) is 16.8. The first-order valence-corrected chi connectivity index (χ1v) is 45.8. The van der Waals surface area contributed by atoms with Crippen LogP contribution < -0.4 is 76.1 Å². The lowest BCUT2D eigenvalue weighted by atomic mass is 9.92. The Kier molecular flexibility index (Phi) is 42.2. The fraction of sp³-hybridized carbons (Fsp3) is 0.556. The van der Waals surface area contributed by atoms with Crippen molar-refractivity contribution in [3.8, 4) is 0 Å². The number of H-pyrrole nitrogens is 2. The third kappa shape index (κ3) is 31.6. The van der Waals surface area contributed by atoms with Crippen molar-refractivity contribution in [3.63, 3.8) is 0 Å². The molecular formula is C90H132N22O18S. The van der Waals surface area contributed by atoms with Gasteiger partial charge in [-0.1, -0.05) is 120 Å². The molecule has 4 heterocycles. The molecule has 41 heteroatoms. The fourth-order valence-electron chi connectivity index (χ4n) is 16.0. The number of primary amides is 2. The Morgan fingerprint density at radius 3 is 1.69 bits per heavy atom. The molecule has 2 fully saturated rings. The molecule has 3 aromatic carbocycles. The summed E-state index contributed by atoms with van der Waals surface area (Å²) in [4.78, 5) is 260. The van der Waals surface area contributed by atoms with Crippen LogP contribution in [-0.4, -0.2) is 297 Å².